The van der Waals surface area contributed by atoms with Crippen molar-refractivity contribution in [1.29, 1.82) is 0 Å². The zero-order valence-corrected chi connectivity index (χ0v) is 20.2. The molecule has 1 fully saturated rings. The van der Waals surface area contributed by atoms with Gasteiger partial charge in [0.1, 0.15) is 11.0 Å². The highest BCUT2D eigenvalue weighted by Crippen LogP contribution is 2.49. The Hall–Kier alpha value is -1.25. The highest BCUT2D eigenvalue weighted by atomic mass is 35.5. The molecule has 0 amide bonds. The molecule has 0 aromatic heterocycles. The summed E-state index contributed by atoms with van der Waals surface area (Å²) >= 11 is 6.01. The Morgan fingerprint density at radius 2 is 1.67 bits per heavy atom. The topological polar surface area (TPSA) is 66.2 Å². The van der Waals surface area contributed by atoms with Gasteiger partial charge >= 0.3 is 0 Å². The molecule has 0 bridgehead atoms. The average molecular weight is 469 g/mol. The highest BCUT2D eigenvalue weighted by Gasteiger charge is 2.53. The number of sulfonamides is 1. The smallest absolute Gasteiger partial charge is 0.240 e. The maximum Gasteiger partial charge on any atom is 0.240 e. The van der Waals surface area contributed by atoms with Crippen molar-refractivity contribution in [3.63, 3.8) is 0 Å². The van der Waals surface area contributed by atoms with Gasteiger partial charge in [0.05, 0.1) is 15.7 Å². The number of rotatable bonds is 8. The highest BCUT2D eigenvalue weighted by molar-refractivity contribution is 7.89. The number of benzene rings is 2. The van der Waals surface area contributed by atoms with E-state index in [-0.39, 0.29) is 21.7 Å². The molecule has 1 N–H and O–H groups in total. The second-order valence-electron chi connectivity index (χ2n) is 8.64. The molecule has 4 atom stereocenters. The van der Waals surface area contributed by atoms with Gasteiger partial charge in [-0.1, -0.05) is 41.4 Å². The van der Waals surface area contributed by atoms with E-state index in [4.69, 9.17) is 11.6 Å². The van der Waals surface area contributed by atoms with Crippen molar-refractivity contribution in [2.24, 2.45) is 0 Å². The SMILES string of the molecule is Cc1ccc(S(=O)(=O)NCCC[C@H]2[C@@H](c3ccc(Cl)cc3)N2S(=O)C(C)(C)C)cc1. The standard InChI is InChI=1S/C22H29ClN2O3S2/c1-16-7-13-19(14-8-16)30(27,28)24-15-5-6-20-21(17-9-11-18(23)12-10-17)25(20)29(26)22(2,3)4/h7-14,20-21,24H,5-6,15H2,1-4H3/t20-,21+,25?,29?/m0/s1. The van der Waals surface area contributed by atoms with Gasteiger partial charge in [0.2, 0.25) is 10.0 Å². The molecule has 3 rings (SSSR count). The van der Waals surface area contributed by atoms with Gasteiger partial charge in [-0.15, -0.1) is 0 Å². The summed E-state index contributed by atoms with van der Waals surface area (Å²) in [7, 11) is -4.65. The van der Waals surface area contributed by atoms with Gasteiger partial charge in [0.25, 0.3) is 0 Å². The first-order chi connectivity index (χ1) is 14.0. The van der Waals surface area contributed by atoms with Crippen LogP contribution in [0.3, 0.4) is 0 Å². The lowest BCUT2D eigenvalue weighted by Crippen LogP contribution is -2.28. The van der Waals surface area contributed by atoms with Gasteiger partial charge < -0.3 is 0 Å². The van der Waals surface area contributed by atoms with Crippen LogP contribution in [0.5, 0.6) is 0 Å². The van der Waals surface area contributed by atoms with E-state index in [0.29, 0.717) is 18.0 Å². The molecule has 2 aromatic rings. The predicted molar refractivity (Wildman–Crippen MR) is 123 cm³/mol. The van der Waals surface area contributed by atoms with E-state index < -0.39 is 21.0 Å². The molecular weight excluding hydrogens is 440 g/mol. The van der Waals surface area contributed by atoms with E-state index in [2.05, 4.69) is 4.72 Å². The largest absolute Gasteiger partial charge is 0.242 e. The molecule has 30 heavy (non-hydrogen) atoms. The van der Waals surface area contributed by atoms with Gasteiger partial charge in [-0.3, -0.25) is 0 Å². The molecule has 1 saturated heterocycles. The molecule has 164 valence electrons. The number of aryl methyl sites for hydroxylation is 1. The minimum atomic E-state index is -3.52. The van der Waals surface area contributed by atoms with Gasteiger partial charge in [0.15, 0.2) is 0 Å². The molecule has 8 heteroatoms. The fraction of sp³-hybridized carbons (Fsp3) is 0.455. The third kappa shape index (κ3) is 5.51. The summed E-state index contributed by atoms with van der Waals surface area (Å²) in [6.07, 6.45) is 1.42. The van der Waals surface area contributed by atoms with Crippen LogP contribution in [-0.4, -0.2) is 34.3 Å². The Kier molecular flexibility index (Phi) is 7.09. The zero-order valence-electron chi connectivity index (χ0n) is 17.8. The number of nitrogens with zero attached hydrogens (tertiary/aromatic N) is 1. The summed E-state index contributed by atoms with van der Waals surface area (Å²) in [6, 6.07) is 14.6. The third-order valence-corrected chi connectivity index (χ3v) is 8.76. The normalized spacial score (nSPS) is 22.6. The molecule has 1 aliphatic rings. The number of halogens is 1. The maximum absolute atomic E-state index is 13.0. The number of hydrogen-bond donors (Lipinski definition) is 1. The maximum atomic E-state index is 13.0. The second-order valence-corrected chi connectivity index (χ2v) is 13.0. The Morgan fingerprint density at radius 1 is 1.07 bits per heavy atom. The van der Waals surface area contributed by atoms with Crippen LogP contribution < -0.4 is 4.72 Å². The molecule has 0 saturated carbocycles. The summed E-state index contributed by atoms with van der Waals surface area (Å²) < 4.78 is 42.2. The fourth-order valence-corrected chi connectivity index (χ4v) is 6.15. The molecule has 0 radical (unpaired) electrons. The lowest BCUT2D eigenvalue weighted by Gasteiger charge is -2.19. The zero-order chi connectivity index (χ0) is 22.1. The van der Waals surface area contributed by atoms with Gasteiger partial charge in [-0.25, -0.2) is 21.7 Å². The summed E-state index contributed by atoms with van der Waals surface area (Å²) in [5, 5.41) is 0.671. The minimum absolute atomic E-state index is 0.0658. The Balaban J connectivity index is 1.61. The van der Waals surface area contributed by atoms with E-state index in [1.54, 1.807) is 24.3 Å². The molecule has 2 aromatic carbocycles. The van der Waals surface area contributed by atoms with Crippen LogP contribution in [0.1, 0.15) is 50.8 Å². The van der Waals surface area contributed by atoms with Crippen molar-refractivity contribution < 1.29 is 12.6 Å². The second kappa shape index (κ2) is 9.09. The van der Waals surface area contributed by atoms with E-state index in [1.165, 1.54) is 0 Å². The number of hydrogen-bond acceptors (Lipinski definition) is 3. The van der Waals surface area contributed by atoms with Crippen LogP contribution in [0.25, 0.3) is 0 Å². The van der Waals surface area contributed by atoms with E-state index in [0.717, 1.165) is 17.5 Å². The van der Waals surface area contributed by atoms with Gasteiger partial charge in [-0.05, 0) is 70.4 Å². The Labute approximate surface area is 187 Å². The molecular formula is C22H29ClN2O3S2. The molecule has 1 aliphatic heterocycles. The lowest BCUT2D eigenvalue weighted by molar-refractivity contribution is 0.567. The van der Waals surface area contributed by atoms with Crippen LogP contribution in [0.15, 0.2) is 53.4 Å². The van der Waals surface area contributed by atoms with Crippen LogP contribution >= 0.6 is 11.6 Å². The number of nitrogens with one attached hydrogen (secondary N) is 1. The molecule has 1 heterocycles. The molecule has 0 aliphatic carbocycles. The van der Waals surface area contributed by atoms with Crippen LogP contribution in [0, 0.1) is 6.92 Å². The van der Waals surface area contributed by atoms with E-state index in [1.807, 2.05) is 56.3 Å². The van der Waals surface area contributed by atoms with Crippen LogP contribution in [0.2, 0.25) is 5.02 Å². The first-order valence-electron chi connectivity index (χ1n) is 10.0. The molecule has 0 spiro atoms. The average Bonchev–Trinajstić information content (AvgIpc) is 3.38. The fourth-order valence-electron chi connectivity index (χ4n) is 3.43. The van der Waals surface area contributed by atoms with Crippen molar-refractivity contribution in [3.05, 3.63) is 64.7 Å². The Bertz CT molecular complexity index is 1000. The van der Waals surface area contributed by atoms with Gasteiger partial charge in [-0.2, -0.15) is 0 Å². The lowest BCUT2D eigenvalue weighted by atomic mass is 10.1. The van der Waals surface area contributed by atoms with E-state index in [9.17, 15) is 12.6 Å². The third-order valence-electron chi connectivity index (χ3n) is 5.10. The summed E-state index contributed by atoms with van der Waals surface area (Å²) in [6.45, 7) is 8.16. The summed E-state index contributed by atoms with van der Waals surface area (Å²) in [5.41, 5.74) is 2.10. The van der Waals surface area contributed by atoms with Crippen molar-refractivity contribution in [1.82, 2.24) is 9.03 Å². The molecule has 2 unspecified atom stereocenters. The molecule has 5 nitrogen and oxygen atoms in total. The summed E-state index contributed by atoms with van der Waals surface area (Å²) in [4.78, 5) is 0.272. The quantitative estimate of drug-likeness (QED) is 0.455. The monoisotopic (exact) mass is 468 g/mol. The van der Waals surface area contributed by atoms with Crippen LogP contribution in [0.4, 0.5) is 0 Å². The Morgan fingerprint density at radius 3 is 2.23 bits per heavy atom. The van der Waals surface area contributed by atoms with Crippen molar-refractivity contribution >= 4 is 32.6 Å². The van der Waals surface area contributed by atoms with Crippen molar-refractivity contribution in [2.45, 2.75) is 62.3 Å². The van der Waals surface area contributed by atoms with Gasteiger partial charge in [0, 0.05) is 17.6 Å². The van der Waals surface area contributed by atoms with Crippen molar-refractivity contribution in [2.75, 3.05) is 6.54 Å². The first-order valence-corrected chi connectivity index (χ1v) is 13.0. The van der Waals surface area contributed by atoms with Crippen LogP contribution in [-0.2, 0) is 21.0 Å². The van der Waals surface area contributed by atoms with Crippen molar-refractivity contribution in [3.8, 4) is 0 Å². The summed E-state index contributed by atoms with van der Waals surface area (Å²) in [5.74, 6) is 0. The predicted octanol–water partition coefficient (Wildman–Crippen LogP) is 4.59. The minimum Gasteiger partial charge on any atom is -0.242 e. The van der Waals surface area contributed by atoms with E-state index >= 15 is 0 Å². The first kappa shape index (κ1) is 23.4.